The van der Waals surface area contributed by atoms with E-state index in [1.165, 1.54) is 20.5 Å². The molecule has 1 aromatic carbocycles. The maximum absolute atomic E-state index is 13.1. The van der Waals surface area contributed by atoms with Crippen LogP contribution < -0.4 is 20.9 Å². The van der Waals surface area contributed by atoms with Crippen LogP contribution in [0.25, 0.3) is 10.2 Å². The highest BCUT2D eigenvalue weighted by atomic mass is 32.1. The predicted octanol–water partition coefficient (Wildman–Crippen LogP) is 2.38. The van der Waals surface area contributed by atoms with Crippen LogP contribution >= 0.6 is 11.3 Å². The quantitative estimate of drug-likeness (QED) is 0.546. The predicted molar refractivity (Wildman–Crippen MR) is 127 cm³/mol. The van der Waals surface area contributed by atoms with Crippen molar-refractivity contribution in [1.29, 1.82) is 0 Å². The summed E-state index contributed by atoms with van der Waals surface area (Å²) in [5.41, 5.74) is 0.977. The Labute approximate surface area is 190 Å². The normalized spacial score (nSPS) is 14.2. The summed E-state index contributed by atoms with van der Waals surface area (Å²) in [5.74, 6) is 0.711. The molecule has 1 aliphatic heterocycles. The molecule has 0 radical (unpaired) electrons. The van der Waals surface area contributed by atoms with Gasteiger partial charge in [-0.25, -0.2) is 4.79 Å². The van der Waals surface area contributed by atoms with Crippen molar-refractivity contribution in [3.8, 4) is 5.75 Å². The van der Waals surface area contributed by atoms with Gasteiger partial charge in [-0.15, -0.1) is 11.3 Å². The van der Waals surface area contributed by atoms with E-state index in [0.717, 1.165) is 37.4 Å². The Bertz CT molecular complexity index is 1200. The van der Waals surface area contributed by atoms with Crippen molar-refractivity contribution >= 4 is 33.1 Å². The number of unbranched alkanes of at least 4 members (excludes halogenated alkanes) is 1. The molecule has 0 bridgehead atoms. The molecule has 3 aromatic rings. The fraction of sp³-hybridized carbons (Fsp3) is 0.435. The largest absolute Gasteiger partial charge is 0.497 e. The number of nitrogens with zero attached hydrogens (tertiary/aromatic N) is 4. The molecule has 0 atom stereocenters. The highest BCUT2D eigenvalue weighted by Gasteiger charge is 2.23. The summed E-state index contributed by atoms with van der Waals surface area (Å²) in [4.78, 5) is 42.9. The van der Waals surface area contributed by atoms with Crippen LogP contribution in [0.4, 0.5) is 5.69 Å². The fourth-order valence-electron chi connectivity index (χ4n) is 4.04. The van der Waals surface area contributed by atoms with Crippen molar-refractivity contribution in [3.63, 3.8) is 0 Å². The second kappa shape index (κ2) is 9.60. The Morgan fingerprint density at radius 1 is 1.03 bits per heavy atom. The van der Waals surface area contributed by atoms with Crippen LogP contribution in [0.2, 0.25) is 0 Å². The minimum absolute atomic E-state index is 0.0546. The van der Waals surface area contributed by atoms with Crippen LogP contribution in [0.1, 0.15) is 19.8 Å². The number of rotatable bonds is 7. The van der Waals surface area contributed by atoms with Crippen molar-refractivity contribution < 1.29 is 9.53 Å². The second-order valence-corrected chi connectivity index (χ2v) is 8.80. The molecular weight excluding hydrogens is 428 g/mol. The van der Waals surface area contributed by atoms with Crippen LogP contribution in [-0.4, -0.2) is 53.2 Å². The van der Waals surface area contributed by atoms with Crippen LogP contribution in [0.15, 0.2) is 45.3 Å². The Morgan fingerprint density at radius 3 is 2.41 bits per heavy atom. The number of fused-ring (bicyclic) bond motifs is 1. The number of hydrogen-bond acceptors (Lipinski definition) is 6. The van der Waals surface area contributed by atoms with E-state index in [-0.39, 0.29) is 18.0 Å². The summed E-state index contributed by atoms with van der Waals surface area (Å²) < 4.78 is 8.47. The standard InChI is InChI=1S/C23H28N4O4S/c1-3-4-10-26-22(29)21-19(9-15-32-21)27(23(26)30)16-20(28)25-13-11-24(12-14-25)17-5-7-18(31-2)8-6-17/h5-9,15H,3-4,10-14,16H2,1-2H3. The summed E-state index contributed by atoms with van der Waals surface area (Å²) in [5, 5.41) is 1.80. The lowest BCUT2D eigenvalue weighted by Crippen LogP contribution is -2.50. The zero-order valence-corrected chi connectivity index (χ0v) is 19.3. The van der Waals surface area contributed by atoms with Crippen LogP contribution in [0.5, 0.6) is 5.75 Å². The van der Waals surface area contributed by atoms with E-state index in [1.54, 1.807) is 23.5 Å². The van der Waals surface area contributed by atoms with Crippen molar-refractivity contribution in [1.82, 2.24) is 14.0 Å². The van der Waals surface area contributed by atoms with Crippen molar-refractivity contribution in [2.24, 2.45) is 0 Å². The molecule has 8 nitrogen and oxygen atoms in total. The first-order valence-electron chi connectivity index (χ1n) is 10.9. The SMILES string of the molecule is CCCCn1c(=O)c2sccc2n(CC(=O)N2CCN(c3ccc(OC)cc3)CC2)c1=O. The van der Waals surface area contributed by atoms with Crippen LogP contribution in [0.3, 0.4) is 0 Å². The van der Waals surface area contributed by atoms with Gasteiger partial charge in [0.2, 0.25) is 5.91 Å². The Hall–Kier alpha value is -3.07. The van der Waals surface area contributed by atoms with Gasteiger partial charge in [0.05, 0.1) is 12.6 Å². The smallest absolute Gasteiger partial charge is 0.332 e. The minimum Gasteiger partial charge on any atom is -0.497 e. The molecule has 1 aliphatic rings. The Morgan fingerprint density at radius 2 is 1.75 bits per heavy atom. The van der Waals surface area contributed by atoms with Gasteiger partial charge in [-0.1, -0.05) is 13.3 Å². The number of methoxy groups -OCH3 is 1. The van der Waals surface area contributed by atoms with Gasteiger partial charge in [0.15, 0.2) is 0 Å². The molecule has 0 N–H and O–H groups in total. The second-order valence-electron chi connectivity index (χ2n) is 7.88. The topological polar surface area (TPSA) is 76.8 Å². The number of anilines is 1. The molecule has 0 saturated carbocycles. The molecule has 2 aromatic heterocycles. The minimum atomic E-state index is -0.403. The lowest BCUT2D eigenvalue weighted by Gasteiger charge is -2.36. The molecule has 0 aliphatic carbocycles. The first-order chi connectivity index (χ1) is 15.5. The van der Waals surface area contributed by atoms with Gasteiger partial charge in [-0.3, -0.25) is 18.7 Å². The molecular formula is C23H28N4O4S. The van der Waals surface area contributed by atoms with E-state index < -0.39 is 5.69 Å². The van der Waals surface area contributed by atoms with Gasteiger partial charge in [0.1, 0.15) is 17.0 Å². The molecule has 1 saturated heterocycles. The lowest BCUT2D eigenvalue weighted by molar-refractivity contribution is -0.132. The van der Waals surface area contributed by atoms with Gasteiger partial charge < -0.3 is 14.5 Å². The molecule has 4 rings (SSSR count). The van der Waals surface area contributed by atoms with E-state index >= 15 is 0 Å². The third-order valence-corrected chi connectivity index (χ3v) is 6.83. The molecule has 9 heteroatoms. The zero-order valence-electron chi connectivity index (χ0n) is 18.5. The summed E-state index contributed by atoms with van der Waals surface area (Å²) in [6.07, 6.45) is 1.62. The number of thiophene rings is 1. The zero-order chi connectivity index (χ0) is 22.7. The fourth-order valence-corrected chi connectivity index (χ4v) is 4.88. The highest BCUT2D eigenvalue weighted by molar-refractivity contribution is 7.17. The van der Waals surface area contributed by atoms with E-state index in [9.17, 15) is 14.4 Å². The van der Waals surface area contributed by atoms with Gasteiger partial charge in [-0.2, -0.15) is 0 Å². The highest BCUT2D eigenvalue weighted by Crippen LogP contribution is 2.21. The monoisotopic (exact) mass is 456 g/mol. The molecule has 1 fully saturated rings. The number of carbonyl (C=O) groups excluding carboxylic acids is 1. The first kappa shape index (κ1) is 22.1. The third-order valence-electron chi connectivity index (χ3n) is 5.94. The van der Waals surface area contributed by atoms with Gasteiger partial charge in [-0.05, 0) is 42.1 Å². The van der Waals surface area contributed by atoms with Crippen LogP contribution in [-0.2, 0) is 17.9 Å². The van der Waals surface area contributed by atoms with Gasteiger partial charge in [0.25, 0.3) is 5.56 Å². The summed E-state index contributed by atoms with van der Waals surface area (Å²) in [6, 6.07) is 9.64. The summed E-state index contributed by atoms with van der Waals surface area (Å²) >= 11 is 1.31. The third kappa shape index (κ3) is 4.29. The molecule has 0 spiro atoms. The van der Waals surface area contributed by atoms with Gasteiger partial charge >= 0.3 is 5.69 Å². The van der Waals surface area contributed by atoms with E-state index in [0.29, 0.717) is 29.9 Å². The molecule has 170 valence electrons. The van der Waals surface area contributed by atoms with E-state index in [1.807, 2.05) is 31.2 Å². The first-order valence-corrected chi connectivity index (χ1v) is 11.8. The number of ether oxygens (including phenoxy) is 1. The number of carbonyl (C=O) groups is 1. The van der Waals surface area contributed by atoms with E-state index in [2.05, 4.69) is 4.90 Å². The van der Waals surface area contributed by atoms with Crippen LogP contribution in [0, 0.1) is 0 Å². The summed E-state index contributed by atoms with van der Waals surface area (Å²) in [7, 11) is 1.64. The number of aromatic nitrogens is 2. The lowest BCUT2D eigenvalue weighted by atomic mass is 10.2. The van der Waals surface area contributed by atoms with Gasteiger partial charge in [0, 0.05) is 38.4 Å². The average Bonchev–Trinajstić information content (AvgIpc) is 3.32. The van der Waals surface area contributed by atoms with Crippen molar-refractivity contribution in [3.05, 3.63) is 56.5 Å². The maximum atomic E-state index is 13.1. The number of hydrogen-bond donors (Lipinski definition) is 0. The molecule has 32 heavy (non-hydrogen) atoms. The number of piperazine rings is 1. The molecule has 0 unspecified atom stereocenters. The van der Waals surface area contributed by atoms with Crippen molar-refractivity contribution in [2.45, 2.75) is 32.9 Å². The van der Waals surface area contributed by atoms with Crippen molar-refractivity contribution in [2.75, 3.05) is 38.2 Å². The number of amides is 1. The average molecular weight is 457 g/mol. The Kier molecular flexibility index (Phi) is 6.64. The molecule has 3 heterocycles. The summed E-state index contributed by atoms with van der Waals surface area (Å²) in [6.45, 7) is 4.94. The Balaban J connectivity index is 1.49. The maximum Gasteiger partial charge on any atom is 0.332 e. The van der Waals surface area contributed by atoms with E-state index in [4.69, 9.17) is 4.74 Å². The number of benzene rings is 1. The molecule has 1 amide bonds.